The van der Waals surface area contributed by atoms with Crippen molar-refractivity contribution in [3.63, 3.8) is 0 Å². The van der Waals surface area contributed by atoms with Crippen LogP contribution in [0.3, 0.4) is 0 Å². The van der Waals surface area contributed by atoms with Crippen molar-refractivity contribution in [3.05, 3.63) is 52.2 Å². The molecule has 1 N–H and O–H groups in total. The Morgan fingerprint density at radius 1 is 1.10 bits per heavy atom. The zero-order valence-corrected chi connectivity index (χ0v) is 20.0. The van der Waals surface area contributed by atoms with E-state index >= 15 is 0 Å². The largest absolute Gasteiger partial charge is 0.350 e. The van der Waals surface area contributed by atoms with Crippen molar-refractivity contribution in [1.29, 1.82) is 0 Å². The number of piperazine rings is 1. The molecule has 0 aliphatic carbocycles. The van der Waals surface area contributed by atoms with E-state index in [-0.39, 0.29) is 24.2 Å². The standard InChI is InChI=1S/C22H29N3O2S2.ClH/c1-17(2)29-19-7-5-18(6-8-19)16-21(26)25-13-11-24(12-14-25)10-9-23-22(27)20-4-3-15-28-20;/h3-8,15,17H,9-14,16H2,1-2H3,(H,23,27);1H. The minimum Gasteiger partial charge on any atom is -0.350 e. The number of halogens is 1. The third-order valence-corrected chi connectivity index (χ3v) is 6.72. The highest BCUT2D eigenvalue weighted by molar-refractivity contribution is 7.99. The van der Waals surface area contributed by atoms with Crippen LogP contribution in [-0.2, 0) is 11.2 Å². The maximum absolute atomic E-state index is 12.6. The van der Waals surface area contributed by atoms with E-state index in [4.69, 9.17) is 0 Å². The number of thioether (sulfide) groups is 1. The zero-order valence-electron chi connectivity index (χ0n) is 17.5. The fraction of sp³-hybridized carbons (Fsp3) is 0.455. The molecule has 8 heteroatoms. The molecule has 0 unspecified atom stereocenters. The van der Waals surface area contributed by atoms with Crippen molar-refractivity contribution in [2.24, 2.45) is 0 Å². The molecule has 0 atom stereocenters. The maximum atomic E-state index is 12.6. The van der Waals surface area contributed by atoms with Crippen molar-refractivity contribution < 1.29 is 9.59 Å². The second-order valence-electron chi connectivity index (χ2n) is 7.44. The summed E-state index contributed by atoms with van der Waals surface area (Å²) in [4.78, 5) is 30.8. The number of carbonyl (C=O) groups excluding carboxylic acids is 2. The van der Waals surface area contributed by atoms with Gasteiger partial charge in [-0.1, -0.05) is 32.0 Å². The highest BCUT2D eigenvalue weighted by atomic mass is 35.5. The third-order valence-electron chi connectivity index (χ3n) is 4.83. The van der Waals surface area contributed by atoms with E-state index < -0.39 is 0 Å². The van der Waals surface area contributed by atoms with E-state index in [1.165, 1.54) is 16.2 Å². The fourth-order valence-corrected chi connectivity index (χ4v) is 4.77. The van der Waals surface area contributed by atoms with Gasteiger partial charge in [-0.15, -0.1) is 35.5 Å². The highest BCUT2D eigenvalue weighted by Crippen LogP contribution is 2.23. The summed E-state index contributed by atoms with van der Waals surface area (Å²) in [6.45, 7) is 9.01. The molecule has 1 aliphatic rings. The summed E-state index contributed by atoms with van der Waals surface area (Å²) in [5.41, 5.74) is 1.07. The number of carbonyl (C=O) groups is 2. The van der Waals surface area contributed by atoms with Gasteiger partial charge in [0.05, 0.1) is 11.3 Å². The lowest BCUT2D eigenvalue weighted by Crippen LogP contribution is -2.50. The molecule has 1 aromatic carbocycles. The Hall–Kier alpha value is -1.54. The summed E-state index contributed by atoms with van der Waals surface area (Å²) < 4.78 is 0. The third kappa shape index (κ3) is 7.61. The molecule has 1 saturated heterocycles. The van der Waals surface area contributed by atoms with Crippen LogP contribution in [0.5, 0.6) is 0 Å². The first-order chi connectivity index (χ1) is 14.0. The Labute approximate surface area is 193 Å². The van der Waals surface area contributed by atoms with E-state index in [1.54, 1.807) is 0 Å². The van der Waals surface area contributed by atoms with E-state index in [0.717, 1.165) is 43.2 Å². The van der Waals surface area contributed by atoms with Crippen LogP contribution in [0.2, 0.25) is 0 Å². The number of benzene rings is 1. The smallest absolute Gasteiger partial charge is 0.261 e. The molecule has 0 saturated carbocycles. The molecule has 5 nitrogen and oxygen atoms in total. The minimum absolute atomic E-state index is 0. The van der Waals surface area contributed by atoms with Crippen molar-refractivity contribution in [1.82, 2.24) is 15.1 Å². The average Bonchev–Trinajstić information content (AvgIpc) is 3.24. The van der Waals surface area contributed by atoms with Crippen molar-refractivity contribution in [3.8, 4) is 0 Å². The van der Waals surface area contributed by atoms with Crippen molar-refractivity contribution in [2.45, 2.75) is 30.4 Å². The quantitative estimate of drug-likeness (QED) is 0.600. The fourth-order valence-electron chi connectivity index (χ4n) is 3.29. The van der Waals surface area contributed by atoms with Crippen LogP contribution in [0.15, 0.2) is 46.7 Å². The van der Waals surface area contributed by atoms with Gasteiger partial charge in [0, 0.05) is 49.4 Å². The Balaban J connectivity index is 0.00000320. The van der Waals surface area contributed by atoms with Gasteiger partial charge in [0.25, 0.3) is 5.91 Å². The molecule has 164 valence electrons. The molecule has 1 fully saturated rings. The number of thiophene rings is 1. The first kappa shape index (κ1) is 24.7. The lowest BCUT2D eigenvalue weighted by molar-refractivity contribution is -0.132. The molecule has 3 rings (SSSR count). The van der Waals surface area contributed by atoms with Gasteiger partial charge >= 0.3 is 0 Å². The summed E-state index contributed by atoms with van der Waals surface area (Å²) in [5, 5.41) is 5.43. The molecular formula is C22H30ClN3O2S2. The Morgan fingerprint density at radius 2 is 1.80 bits per heavy atom. The second kappa shape index (κ2) is 12.3. The van der Waals surface area contributed by atoms with Crippen LogP contribution >= 0.6 is 35.5 Å². The monoisotopic (exact) mass is 467 g/mol. The van der Waals surface area contributed by atoms with Crippen LogP contribution in [0, 0.1) is 0 Å². The number of hydrogen-bond acceptors (Lipinski definition) is 5. The molecule has 0 radical (unpaired) electrons. The van der Waals surface area contributed by atoms with Gasteiger partial charge < -0.3 is 10.2 Å². The van der Waals surface area contributed by atoms with Gasteiger partial charge in [-0.25, -0.2) is 0 Å². The summed E-state index contributed by atoms with van der Waals surface area (Å²) in [7, 11) is 0. The van der Waals surface area contributed by atoms with Crippen LogP contribution < -0.4 is 5.32 Å². The molecular weight excluding hydrogens is 438 g/mol. The van der Waals surface area contributed by atoms with E-state index in [1.807, 2.05) is 34.2 Å². The number of nitrogens with one attached hydrogen (secondary N) is 1. The molecule has 2 amide bonds. The Bertz CT molecular complexity index is 789. The second-order valence-corrected chi connectivity index (χ2v) is 10.0. The van der Waals surface area contributed by atoms with Gasteiger partial charge in [-0.05, 0) is 29.1 Å². The molecule has 1 aromatic heterocycles. The predicted molar refractivity (Wildman–Crippen MR) is 128 cm³/mol. The SMILES string of the molecule is CC(C)Sc1ccc(CC(=O)N2CCN(CCNC(=O)c3cccs3)CC2)cc1.Cl. The van der Waals surface area contributed by atoms with E-state index in [9.17, 15) is 9.59 Å². The summed E-state index contributed by atoms with van der Waals surface area (Å²) in [5.74, 6) is 0.187. The topological polar surface area (TPSA) is 52.7 Å². The Kier molecular flexibility index (Phi) is 10.2. The molecule has 2 aromatic rings. The first-order valence-electron chi connectivity index (χ1n) is 10.1. The van der Waals surface area contributed by atoms with Crippen LogP contribution in [-0.4, -0.2) is 66.1 Å². The van der Waals surface area contributed by atoms with Gasteiger partial charge in [0.2, 0.25) is 5.91 Å². The maximum Gasteiger partial charge on any atom is 0.261 e. The van der Waals surface area contributed by atoms with E-state index in [0.29, 0.717) is 18.2 Å². The van der Waals surface area contributed by atoms with Crippen LogP contribution in [0.1, 0.15) is 29.1 Å². The summed E-state index contributed by atoms with van der Waals surface area (Å²) in [6, 6.07) is 12.1. The minimum atomic E-state index is -0.00775. The number of nitrogens with zero attached hydrogens (tertiary/aromatic N) is 2. The summed E-state index contributed by atoms with van der Waals surface area (Å²) >= 11 is 3.29. The highest BCUT2D eigenvalue weighted by Gasteiger charge is 2.21. The lowest BCUT2D eigenvalue weighted by Gasteiger charge is -2.34. The summed E-state index contributed by atoms with van der Waals surface area (Å²) in [6.07, 6.45) is 0.462. The van der Waals surface area contributed by atoms with Crippen molar-refractivity contribution >= 4 is 47.3 Å². The molecule has 30 heavy (non-hydrogen) atoms. The first-order valence-corrected chi connectivity index (χ1v) is 11.8. The zero-order chi connectivity index (χ0) is 20.6. The normalized spacial score (nSPS) is 14.4. The molecule has 1 aliphatic heterocycles. The molecule has 0 spiro atoms. The predicted octanol–water partition coefficient (Wildman–Crippen LogP) is 3.79. The number of hydrogen-bond donors (Lipinski definition) is 1. The Morgan fingerprint density at radius 3 is 2.40 bits per heavy atom. The van der Waals surface area contributed by atoms with Gasteiger partial charge in [-0.3, -0.25) is 14.5 Å². The average molecular weight is 468 g/mol. The molecule has 0 bridgehead atoms. The van der Waals surface area contributed by atoms with E-state index in [2.05, 4.69) is 48.3 Å². The van der Waals surface area contributed by atoms with Gasteiger partial charge in [0.1, 0.15) is 0 Å². The number of rotatable bonds is 8. The van der Waals surface area contributed by atoms with Crippen LogP contribution in [0.25, 0.3) is 0 Å². The molecule has 2 heterocycles. The lowest BCUT2D eigenvalue weighted by atomic mass is 10.1. The van der Waals surface area contributed by atoms with Gasteiger partial charge in [0.15, 0.2) is 0 Å². The van der Waals surface area contributed by atoms with Crippen molar-refractivity contribution in [2.75, 3.05) is 39.3 Å². The number of amides is 2. The van der Waals surface area contributed by atoms with Gasteiger partial charge in [-0.2, -0.15) is 0 Å². The van der Waals surface area contributed by atoms with Crippen LogP contribution in [0.4, 0.5) is 0 Å².